The molecule has 72 valence electrons. The lowest BCUT2D eigenvalue weighted by molar-refractivity contribution is 0.171. The van der Waals surface area contributed by atoms with Crippen molar-refractivity contribution in [1.29, 1.82) is 0 Å². The molecule has 0 heterocycles. The summed E-state index contributed by atoms with van der Waals surface area (Å²) in [6.45, 7) is 0. The van der Waals surface area contributed by atoms with Crippen molar-refractivity contribution in [3.63, 3.8) is 0 Å². The largest absolute Gasteiger partial charge is 0.452 e. The molecular formula is C9H14N2O2. The third kappa shape index (κ3) is 1.66. The molecule has 0 radical (unpaired) electrons. The molecule has 0 aromatic rings. The molecule has 2 fully saturated rings. The molecule has 4 nitrogen and oxygen atoms in total. The van der Waals surface area contributed by atoms with Crippen LogP contribution in [0.3, 0.4) is 0 Å². The Labute approximate surface area is 77.3 Å². The molecule has 0 saturated heterocycles. The highest BCUT2D eigenvalue weighted by Crippen LogP contribution is 2.42. The van der Waals surface area contributed by atoms with Crippen LogP contribution in [0.4, 0.5) is 4.79 Å². The number of methoxy groups -OCH3 is 1. The summed E-state index contributed by atoms with van der Waals surface area (Å²) in [6.07, 6.45) is 4.43. The monoisotopic (exact) mass is 182 g/mol. The second kappa shape index (κ2) is 3.36. The molecule has 0 aromatic heterocycles. The minimum absolute atomic E-state index is 0.477. The average molecular weight is 182 g/mol. The van der Waals surface area contributed by atoms with Crippen LogP contribution >= 0.6 is 0 Å². The van der Waals surface area contributed by atoms with Crippen molar-refractivity contribution < 1.29 is 9.53 Å². The van der Waals surface area contributed by atoms with Gasteiger partial charge in [-0.25, -0.2) is 10.2 Å². The number of hydrogen-bond acceptors (Lipinski definition) is 3. The lowest BCUT2D eigenvalue weighted by Crippen LogP contribution is -2.21. The van der Waals surface area contributed by atoms with Crippen LogP contribution in [0.25, 0.3) is 0 Å². The van der Waals surface area contributed by atoms with Crippen molar-refractivity contribution in [2.75, 3.05) is 7.11 Å². The highest BCUT2D eigenvalue weighted by Gasteiger charge is 2.36. The van der Waals surface area contributed by atoms with E-state index in [1.165, 1.54) is 26.4 Å². The Kier molecular flexibility index (Phi) is 2.20. The topological polar surface area (TPSA) is 50.7 Å². The number of amides is 1. The standard InChI is InChI=1S/C9H14N2O2/c1-13-9(12)11-10-8-5-6-2-3-7(8)4-6/h6-7H,2-5H2,1H3,(H,11,12)/b10-8-. The van der Waals surface area contributed by atoms with Gasteiger partial charge in [-0.2, -0.15) is 5.10 Å². The van der Waals surface area contributed by atoms with Crippen LogP contribution in [-0.4, -0.2) is 18.9 Å². The first-order valence-corrected chi connectivity index (χ1v) is 4.70. The van der Waals surface area contributed by atoms with E-state index < -0.39 is 6.09 Å². The fourth-order valence-corrected chi connectivity index (χ4v) is 2.33. The van der Waals surface area contributed by atoms with Gasteiger partial charge in [-0.15, -0.1) is 0 Å². The fraction of sp³-hybridized carbons (Fsp3) is 0.778. The van der Waals surface area contributed by atoms with Crippen molar-refractivity contribution in [2.24, 2.45) is 16.9 Å². The van der Waals surface area contributed by atoms with E-state index in [1.807, 2.05) is 0 Å². The van der Waals surface area contributed by atoms with Crippen LogP contribution in [0.1, 0.15) is 25.7 Å². The maximum absolute atomic E-state index is 10.7. The van der Waals surface area contributed by atoms with Gasteiger partial charge in [0.05, 0.1) is 7.11 Å². The van der Waals surface area contributed by atoms with Crippen molar-refractivity contribution in [3.05, 3.63) is 0 Å². The molecule has 0 aliphatic heterocycles. The molecule has 0 aromatic carbocycles. The van der Waals surface area contributed by atoms with Crippen LogP contribution < -0.4 is 5.43 Å². The second-order valence-electron chi connectivity index (χ2n) is 3.79. The van der Waals surface area contributed by atoms with Gasteiger partial charge in [0.2, 0.25) is 0 Å². The van der Waals surface area contributed by atoms with Crippen LogP contribution in [0.2, 0.25) is 0 Å². The number of hydrogen-bond donors (Lipinski definition) is 1. The second-order valence-corrected chi connectivity index (χ2v) is 3.79. The first kappa shape index (κ1) is 8.53. The van der Waals surface area contributed by atoms with E-state index in [4.69, 9.17) is 0 Å². The Hall–Kier alpha value is -1.06. The molecular weight excluding hydrogens is 168 g/mol. The van der Waals surface area contributed by atoms with E-state index in [2.05, 4.69) is 15.3 Å². The van der Waals surface area contributed by atoms with Crippen LogP contribution in [0, 0.1) is 11.8 Å². The molecule has 2 aliphatic rings. The zero-order valence-corrected chi connectivity index (χ0v) is 7.75. The molecule has 2 atom stereocenters. The highest BCUT2D eigenvalue weighted by atomic mass is 16.5. The van der Waals surface area contributed by atoms with E-state index in [0.717, 1.165) is 18.1 Å². The van der Waals surface area contributed by atoms with Crippen LogP contribution in [-0.2, 0) is 4.74 Å². The summed E-state index contributed by atoms with van der Waals surface area (Å²) in [5, 5.41) is 4.07. The minimum atomic E-state index is -0.477. The van der Waals surface area contributed by atoms with Gasteiger partial charge in [0.25, 0.3) is 0 Å². The lowest BCUT2D eigenvalue weighted by Gasteiger charge is -2.11. The van der Waals surface area contributed by atoms with Gasteiger partial charge in [0, 0.05) is 5.71 Å². The highest BCUT2D eigenvalue weighted by molar-refractivity contribution is 5.90. The number of hydrazone groups is 1. The number of carbonyl (C=O) groups excluding carboxylic acids is 1. The van der Waals surface area contributed by atoms with E-state index >= 15 is 0 Å². The summed E-state index contributed by atoms with van der Waals surface area (Å²) in [6, 6.07) is 0. The van der Waals surface area contributed by atoms with Crippen LogP contribution in [0.15, 0.2) is 5.10 Å². The third-order valence-electron chi connectivity index (χ3n) is 2.99. The van der Waals surface area contributed by atoms with E-state index in [1.54, 1.807) is 0 Å². The van der Waals surface area contributed by atoms with E-state index in [-0.39, 0.29) is 0 Å². The molecule has 13 heavy (non-hydrogen) atoms. The fourth-order valence-electron chi connectivity index (χ4n) is 2.33. The molecule has 4 heteroatoms. The Morgan fingerprint density at radius 2 is 2.46 bits per heavy atom. The summed E-state index contributed by atoms with van der Waals surface area (Å²) in [7, 11) is 1.34. The number of carbonyl (C=O) groups is 1. The predicted octanol–water partition coefficient (Wildman–Crippen LogP) is 1.52. The molecule has 1 amide bonds. The zero-order chi connectivity index (χ0) is 9.26. The molecule has 1 N–H and O–H groups in total. The van der Waals surface area contributed by atoms with Gasteiger partial charge in [0.1, 0.15) is 0 Å². The number of nitrogens with one attached hydrogen (secondary N) is 1. The van der Waals surface area contributed by atoms with Gasteiger partial charge in [-0.3, -0.25) is 0 Å². The molecule has 0 spiro atoms. The SMILES string of the molecule is COC(=O)N/N=C1/CC2CCC1C2. The summed E-state index contributed by atoms with van der Waals surface area (Å²) in [5.74, 6) is 1.45. The third-order valence-corrected chi connectivity index (χ3v) is 2.99. The van der Waals surface area contributed by atoms with Crippen molar-refractivity contribution in [2.45, 2.75) is 25.7 Å². The quantitative estimate of drug-likeness (QED) is 0.625. The normalized spacial score (nSPS) is 33.8. The van der Waals surface area contributed by atoms with Gasteiger partial charge in [0.15, 0.2) is 0 Å². The predicted molar refractivity (Wildman–Crippen MR) is 48.4 cm³/mol. The summed E-state index contributed by atoms with van der Waals surface area (Å²) in [5.41, 5.74) is 3.54. The first-order valence-electron chi connectivity index (χ1n) is 4.70. The van der Waals surface area contributed by atoms with Gasteiger partial charge in [-0.05, 0) is 37.5 Å². The summed E-state index contributed by atoms with van der Waals surface area (Å²) in [4.78, 5) is 10.7. The maximum Gasteiger partial charge on any atom is 0.427 e. The number of nitrogens with zero attached hydrogens (tertiary/aromatic N) is 1. The molecule has 2 unspecified atom stereocenters. The molecule has 2 aliphatic carbocycles. The molecule has 2 saturated carbocycles. The van der Waals surface area contributed by atoms with Crippen molar-refractivity contribution >= 4 is 11.8 Å². The zero-order valence-electron chi connectivity index (χ0n) is 7.75. The number of rotatable bonds is 1. The Morgan fingerprint density at radius 3 is 3.00 bits per heavy atom. The average Bonchev–Trinajstić information content (AvgIpc) is 2.74. The number of ether oxygens (including phenoxy) is 1. The Morgan fingerprint density at radius 1 is 1.62 bits per heavy atom. The molecule has 2 rings (SSSR count). The van der Waals surface area contributed by atoms with E-state index in [9.17, 15) is 4.79 Å². The lowest BCUT2D eigenvalue weighted by atomic mass is 9.99. The van der Waals surface area contributed by atoms with Crippen molar-refractivity contribution in [3.8, 4) is 0 Å². The van der Waals surface area contributed by atoms with Gasteiger partial charge in [-0.1, -0.05) is 0 Å². The number of fused-ring (bicyclic) bond motifs is 2. The first-order chi connectivity index (χ1) is 6.29. The molecule has 2 bridgehead atoms. The minimum Gasteiger partial charge on any atom is -0.452 e. The smallest absolute Gasteiger partial charge is 0.427 e. The van der Waals surface area contributed by atoms with Gasteiger partial charge >= 0.3 is 6.09 Å². The Balaban J connectivity index is 1.91. The van der Waals surface area contributed by atoms with Crippen LogP contribution in [0.5, 0.6) is 0 Å². The van der Waals surface area contributed by atoms with E-state index in [0.29, 0.717) is 5.92 Å². The summed E-state index contributed by atoms with van der Waals surface area (Å²) < 4.78 is 4.43. The maximum atomic E-state index is 10.7. The Bertz CT molecular complexity index is 250. The van der Waals surface area contributed by atoms with Gasteiger partial charge < -0.3 is 4.74 Å². The summed E-state index contributed by atoms with van der Waals surface area (Å²) >= 11 is 0. The van der Waals surface area contributed by atoms with Crippen molar-refractivity contribution in [1.82, 2.24) is 5.43 Å².